The molecule has 41 heavy (non-hydrogen) atoms. The van der Waals surface area contributed by atoms with Gasteiger partial charge in [-0.05, 0) is 63.3 Å². The number of hydrogen-bond acceptors (Lipinski definition) is 9. The van der Waals surface area contributed by atoms with Gasteiger partial charge in [-0.1, -0.05) is 31.4 Å². The SMILES string of the molecule is CC(C)(O)OC1C[C@@H](CNCCCNC(=O)Nc2ccc(C3CCCCC3)cc2)O[C@H]1n1cnc2c(N)ncnc21. The number of amides is 2. The summed E-state index contributed by atoms with van der Waals surface area (Å²) in [7, 11) is 0. The third-order valence-corrected chi connectivity index (χ3v) is 7.68. The van der Waals surface area contributed by atoms with E-state index in [-0.39, 0.29) is 12.1 Å². The van der Waals surface area contributed by atoms with E-state index in [0.717, 1.165) is 12.1 Å². The number of nitrogens with two attached hydrogens (primary N) is 1. The van der Waals surface area contributed by atoms with E-state index in [9.17, 15) is 9.90 Å². The molecule has 0 radical (unpaired) electrons. The molecule has 1 aliphatic carbocycles. The maximum absolute atomic E-state index is 12.3. The molecule has 3 atom stereocenters. The first-order valence-corrected chi connectivity index (χ1v) is 14.6. The fourth-order valence-corrected chi connectivity index (χ4v) is 5.75. The molecule has 2 fully saturated rings. The molecule has 222 valence electrons. The first-order chi connectivity index (χ1) is 19.8. The standard InChI is InChI=1S/C29H42N8O4/c1-29(2,39)41-23-15-22(40-27(23)37-18-35-24-25(30)33-17-34-26(24)37)16-31-13-6-14-32-28(38)36-21-11-9-20(10-12-21)19-7-4-3-5-8-19/h9-12,17-19,22-23,27,31,39H,3-8,13-16H2,1-2H3,(H2,30,33,34)(H2,32,36,38)/t22-,23?,27+/m0/s1. The molecule has 1 saturated carbocycles. The summed E-state index contributed by atoms with van der Waals surface area (Å²) in [6.07, 6.45) is 9.70. The van der Waals surface area contributed by atoms with E-state index < -0.39 is 18.1 Å². The highest BCUT2D eigenvalue weighted by atomic mass is 16.7. The molecule has 6 N–H and O–H groups in total. The molecule has 2 aliphatic rings. The Hall–Kier alpha value is -3.32. The van der Waals surface area contributed by atoms with Gasteiger partial charge in [0, 0.05) is 25.2 Å². The number of anilines is 2. The Morgan fingerprint density at radius 3 is 2.68 bits per heavy atom. The first-order valence-electron chi connectivity index (χ1n) is 14.6. The molecule has 0 bridgehead atoms. The number of ether oxygens (including phenoxy) is 2. The van der Waals surface area contributed by atoms with Gasteiger partial charge >= 0.3 is 6.03 Å². The zero-order valence-corrected chi connectivity index (χ0v) is 23.9. The molecular formula is C29H42N8O4. The van der Waals surface area contributed by atoms with E-state index in [1.807, 2.05) is 12.1 Å². The lowest BCUT2D eigenvalue weighted by molar-refractivity contribution is -0.222. The molecule has 1 saturated heterocycles. The Labute approximate surface area is 240 Å². The van der Waals surface area contributed by atoms with Crippen LogP contribution in [0.5, 0.6) is 0 Å². The maximum Gasteiger partial charge on any atom is 0.319 e. The van der Waals surface area contributed by atoms with E-state index in [4.69, 9.17) is 15.2 Å². The summed E-state index contributed by atoms with van der Waals surface area (Å²) in [6.45, 7) is 5.02. The van der Waals surface area contributed by atoms with Gasteiger partial charge in [0.1, 0.15) is 17.9 Å². The van der Waals surface area contributed by atoms with Crippen LogP contribution in [0.15, 0.2) is 36.9 Å². The summed E-state index contributed by atoms with van der Waals surface area (Å²) < 4.78 is 14.0. The number of carbonyl (C=O) groups excluding carboxylic acids is 1. The van der Waals surface area contributed by atoms with Crippen molar-refractivity contribution in [2.45, 2.75) is 88.9 Å². The molecular weight excluding hydrogens is 524 g/mol. The van der Waals surface area contributed by atoms with Crippen LogP contribution in [-0.2, 0) is 9.47 Å². The minimum Gasteiger partial charge on any atom is -0.382 e. The van der Waals surface area contributed by atoms with E-state index >= 15 is 0 Å². The van der Waals surface area contributed by atoms with Crippen LogP contribution in [0.4, 0.5) is 16.3 Å². The van der Waals surface area contributed by atoms with Gasteiger partial charge in [0.2, 0.25) is 0 Å². The average molecular weight is 567 g/mol. The normalized spacial score (nSPS) is 21.8. The molecule has 2 amide bonds. The van der Waals surface area contributed by atoms with E-state index in [1.54, 1.807) is 24.7 Å². The number of aromatic nitrogens is 4. The fourth-order valence-electron chi connectivity index (χ4n) is 5.75. The number of hydrogen-bond donors (Lipinski definition) is 5. The number of nitrogens with one attached hydrogen (secondary N) is 3. The van der Waals surface area contributed by atoms with E-state index in [2.05, 4.69) is 43.0 Å². The Balaban J connectivity index is 1.04. The monoisotopic (exact) mass is 566 g/mol. The van der Waals surface area contributed by atoms with Crippen molar-refractivity contribution in [1.82, 2.24) is 30.2 Å². The number of nitrogen functional groups attached to an aromatic ring is 1. The van der Waals surface area contributed by atoms with Crippen LogP contribution in [0.25, 0.3) is 11.2 Å². The summed E-state index contributed by atoms with van der Waals surface area (Å²) in [5.41, 5.74) is 9.16. The van der Waals surface area contributed by atoms with Crippen LogP contribution >= 0.6 is 0 Å². The lowest BCUT2D eigenvalue weighted by Gasteiger charge is -2.27. The van der Waals surface area contributed by atoms with Crippen LogP contribution in [0.1, 0.15) is 76.5 Å². The number of imidazole rings is 1. The first kappa shape index (κ1) is 29.2. The number of nitrogens with zero attached hydrogens (tertiary/aromatic N) is 4. The Kier molecular flexibility index (Phi) is 9.33. The van der Waals surface area contributed by atoms with Crippen molar-refractivity contribution in [3.05, 3.63) is 42.5 Å². The molecule has 12 nitrogen and oxygen atoms in total. The van der Waals surface area contributed by atoms with Crippen LogP contribution in [0.3, 0.4) is 0 Å². The second kappa shape index (κ2) is 13.1. The van der Waals surface area contributed by atoms with Crippen molar-refractivity contribution in [1.29, 1.82) is 0 Å². The quantitative estimate of drug-likeness (QED) is 0.172. The van der Waals surface area contributed by atoms with Gasteiger partial charge in [0.05, 0.1) is 12.4 Å². The average Bonchev–Trinajstić information content (AvgIpc) is 3.55. The van der Waals surface area contributed by atoms with Gasteiger partial charge in [-0.2, -0.15) is 0 Å². The Bertz CT molecular complexity index is 1290. The summed E-state index contributed by atoms with van der Waals surface area (Å²) in [5, 5.41) is 19.5. The van der Waals surface area contributed by atoms with Crippen molar-refractivity contribution in [2.75, 3.05) is 30.7 Å². The molecule has 0 spiro atoms. The largest absolute Gasteiger partial charge is 0.382 e. The number of urea groups is 1. The van der Waals surface area contributed by atoms with Gasteiger partial charge in [0.25, 0.3) is 0 Å². The summed E-state index contributed by atoms with van der Waals surface area (Å²) in [4.78, 5) is 25.0. The van der Waals surface area contributed by atoms with Crippen molar-refractivity contribution in [3.8, 4) is 0 Å². The van der Waals surface area contributed by atoms with Gasteiger partial charge in [-0.15, -0.1) is 0 Å². The molecule has 1 unspecified atom stereocenters. The molecule has 5 rings (SSSR count). The molecule has 2 aromatic heterocycles. The molecule has 3 aromatic rings. The molecule has 12 heteroatoms. The van der Waals surface area contributed by atoms with E-state index in [0.29, 0.717) is 49.0 Å². The topological polar surface area (TPSA) is 161 Å². The summed E-state index contributed by atoms with van der Waals surface area (Å²) in [5.74, 6) is -0.387. The molecule has 1 aromatic carbocycles. The number of carbonyl (C=O) groups is 1. The predicted molar refractivity (Wildman–Crippen MR) is 156 cm³/mol. The van der Waals surface area contributed by atoms with Crippen LogP contribution in [0, 0.1) is 0 Å². The summed E-state index contributed by atoms with van der Waals surface area (Å²) in [6, 6.07) is 8.05. The zero-order valence-electron chi connectivity index (χ0n) is 23.9. The highest BCUT2D eigenvalue weighted by Gasteiger charge is 2.40. The highest BCUT2D eigenvalue weighted by Crippen LogP contribution is 2.35. The lowest BCUT2D eigenvalue weighted by Crippen LogP contribution is -2.34. The minimum atomic E-state index is -1.33. The van der Waals surface area contributed by atoms with Crippen molar-refractivity contribution < 1.29 is 19.4 Å². The molecule has 3 heterocycles. The fraction of sp³-hybridized carbons (Fsp3) is 0.586. The third-order valence-electron chi connectivity index (χ3n) is 7.68. The van der Waals surface area contributed by atoms with Crippen LogP contribution < -0.4 is 21.7 Å². The smallest absolute Gasteiger partial charge is 0.319 e. The third kappa shape index (κ3) is 7.70. The van der Waals surface area contributed by atoms with Gasteiger partial charge in [-0.3, -0.25) is 4.57 Å². The van der Waals surface area contributed by atoms with Crippen molar-refractivity contribution in [2.24, 2.45) is 0 Å². The van der Waals surface area contributed by atoms with Crippen LogP contribution in [-0.4, -0.2) is 68.3 Å². The highest BCUT2D eigenvalue weighted by molar-refractivity contribution is 5.89. The predicted octanol–water partition coefficient (Wildman–Crippen LogP) is 3.66. The van der Waals surface area contributed by atoms with Crippen molar-refractivity contribution >= 4 is 28.7 Å². The van der Waals surface area contributed by atoms with Gasteiger partial charge < -0.3 is 36.3 Å². The second-order valence-electron chi connectivity index (χ2n) is 11.5. The Morgan fingerprint density at radius 1 is 1.15 bits per heavy atom. The zero-order chi connectivity index (χ0) is 28.8. The second-order valence-corrected chi connectivity index (χ2v) is 11.5. The minimum absolute atomic E-state index is 0.156. The number of benzene rings is 1. The van der Waals surface area contributed by atoms with Gasteiger partial charge in [0.15, 0.2) is 23.5 Å². The summed E-state index contributed by atoms with van der Waals surface area (Å²) >= 11 is 0. The number of rotatable bonds is 11. The van der Waals surface area contributed by atoms with Gasteiger partial charge in [-0.25, -0.2) is 19.7 Å². The van der Waals surface area contributed by atoms with Crippen LogP contribution in [0.2, 0.25) is 0 Å². The molecule has 1 aliphatic heterocycles. The van der Waals surface area contributed by atoms with E-state index in [1.165, 1.54) is 44.0 Å². The van der Waals surface area contributed by atoms with Crippen molar-refractivity contribution in [3.63, 3.8) is 0 Å². The number of aliphatic hydroxyl groups is 1. The Morgan fingerprint density at radius 2 is 1.93 bits per heavy atom. The maximum atomic E-state index is 12.3. The lowest BCUT2D eigenvalue weighted by atomic mass is 9.84. The number of fused-ring (bicyclic) bond motifs is 1.